The predicted octanol–water partition coefficient (Wildman–Crippen LogP) is 1.96. The van der Waals surface area contributed by atoms with Crippen LogP contribution in [0.1, 0.15) is 43.4 Å². The van der Waals surface area contributed by atoms with Crippen LogP contribution in [-0.4, -0.2) is 34.3 Å². The number of aliphatic carboxylic acids is 1. The summed E-state index contributed by atoms with van der Waals surface area (Å²) in [4.78, 5) is 36.0. The van der Waals surface area contributed by atoms with Crippen LogP contribution in [-0.2, 0) is 20.8 Å². The second-order valence-corrected chi connectivity index (χ2v) is 6.43. The van der Waals surface area contributed by atoms with Gasteiger partial charge in [0.2, 0.25) is 5.91 Å². The topological polar surface area (TPSA) is 86.7 Å². The molecule has 1 aromatic carbocycles. The molecule has 2 unspecified atom stereocenters. The molecule has 0 radical (unpaired) electrons. The minimum atomic E-state index is -1.41. The lowest BCUT2D eigenvalue weighted by Crippen LogP contribution is -2.44. The van der Waals surface area contributed by atoms with E-state index in [1.165, 1.54) is 4.90 Å². The van der Waals surface area contributed by atoms with E-state index in [1.807, 2.05) is 25.1 Å². The first kappa shape index (κ1) is 15.5. The van der Waals surface area contributed by atoms with Gasteiger partial charge < -0.3 is 15.3 Å². The number of rotatable bonds is 1. The largest absolute Gasteiger partial charge is 0.474 e. The Morgan fingerprint density at radius 1 is 1.26 bits per heavy atom. The Labute approximate surface area is 134 Å². The lowest BCUT2D eigenvalue weighted by Gasteiger charge is -2.38. The van der Waals surface area contributed by atoms with Gasteiger partial charge in [0.1, 0.15) is 0 Å². The first-order valence-corrected chi connectivity index (χ1v) is 7.92. The molecular weight excluding hydrogens is 296 g/mol. The molecule has 122 valence electrons. The number of nitrogens with one attached hydrogen (secondary N) is 1. The van der Waals surface area contributed by atoms with E-state index in [2.05, 4.69) is 5.32 Å². The highest BCUT2D eigenvalue weighted by Crippen LogP contribution is 2.35. The molecule has 1 aromatic rings. The Morgan fingerprint density at radius 3 is 2.78 bits per heavy atom. The van der Waals surface area contributed by atoms with Crippen molar-refractivity contribution < 1.29 is 19.5 Å². The zero-order chi connectivity index (χ0) is 16.6. The van der Waals surface area contributed by atoms with Crippen LogP contribution in [0.15, 0.2) is 18.2 Å². The number of carboxylic acids is 1. The molecule has 2 heterocycles. The van der Waals surface area contributed by atoms with Gasteiger partial charge in [0, 0.05) is 18.7 Å². The van der Waals surface area contributed by atoms with Gasteiger partial charge in [0.25, 0.3) is 0 Å². The van der Waals surface area contributed by atoms with Crippen molar-refractivity contribution in [1.29, 1.82) is 0 Å². The van der Waals surface area contributed by atoms with Crippen molar-refractivity contribution in [3.8, 4) is 0 Å². The highest BCUT2D eigenvalue weighted by molar-refractivity contribution is 6.31. The quantitative estimate of drug-likeness (QED) is 0.775. The standard InChI is InChI=1S/C17H20N2O4/c1-10-2-6-14(19(9-10)16(21)17(22)23)12-3-5-13-11(8-12)4-7-15(20)18-13/h3,5,8,10,14H,2,4,6-7,9H2,1H3,(H,18,20)(H,22,23). The van der Waals surface area contributed by atoms with Crippen molar-refractivity contribution in [3.63, 3.8) is 0 Å². The summed E-state index contributed by atoms with van der Waals surface area (Å²) in [7, 11) is 0. The fourth-order valence-corrected chi connectivity index (χ4v) is 3.46. The van der Waals surface area contributed by atoms with E-state index in [4.69, 9.17) is 5.11 Å². The Bertz CT molecular complexity index is 671. The number of benzene rings is 1. The van der Waals surface area contributed by atoms with Crippen LogP contribution < -0.4 is 5.32 Å². The van der Waals surface area contributed by atoms with E-state index < -0.39 is 11.9 Å². The normalized spacial score (nSPS) is 23.9. The molecule has 1 fully saturated rings. The number of nitrogens with zero attached hydrogens (tertiary/aromatic N) is 1. The van der Waals surface area contributed by atoms with E-state index in [1.54, 1.807) is 0 Å². The molecule has 0 aromatic heterocycles. The van der Waals surface area contributed by atoms with Crippen molar-refractivity contribution >= 4 is 23.5 Å². The number of carboxylic acid groups (broad SMARTS) is 1. The van der Waals surface area contributed by atoms with Gasteiger partial charge in [-0.1, -0.05) is 19.1 Å². The molecule has 1 saturated heterocycles. The Hall–Kier alpha value is -2.37. The Morgan fingerprint density at radius 2 is 2.04 bits per heavy atom. The maximum absolute atomic E-state index is 12.0. The summed E-state index contributed by atoms with van der Waals surface area (Å²) in [6.07, 6.45) is 2.84. The highest BCUT2D eigenvalue weighted by Gasteiger charge is 2.34. The number of hydrogen-bond donors (Lipinski definition) is 2. The molecule has 0 bridgehead atoms. The summed E-state index contributed by atoms with van der Waals surface area (Å²) in [5, 5.41) is 11.9. The maximum atomic E-state index is 12.0. The van der Waals surface area contributed by atoms with Gasteiger partial charge in [0.15, 0.2) is 0 Å². The first-order valence-electron chi connectivity index (χ1n) is 7.92. The van der Waals surface area contributed by atoms with Crippen molar-refractivity contribution in [2.75, 3.05) is 11.9 Å². The monoisotopic (exact) mass is 316 g/mol. The van der Waals surface area contributed by atoms with Gasteiger partial charge in [-0.15, -0.1) is 0 Å². The summed E-state index contributed by atoms with van der Waals surface area (Å²) in [6.45, 7) is 2.49. The number of piperidine rings is 1. The highest BCUT2D eigenvalue weighted by atomic mass is 16.4. The lowest BCUT2D eigenvalue weighted by molar-refractivity contribution is -0.158. The second-order valence-electron chi connectivity index (χ2n) is 6.43. The molecule has 2 N–H and O–H groups in total. The molecule has 0 saturated carbocycles. The number of carbonyl (C=O) groups is 3. The number of likely N-dealkylation sites (tertiary alicyclic amines) is 1. The molecular formula is C17H20N2O4. The lowest BCUT2D eigenvalue weighted by atomic mass is 9.88. The van der Waals surface area contributed by atoms with Gasteiger partial charge in [-0.3, -0.25) is 9.59 Å². The fraction of sp³-hybridized carbons (Fsp3) is 0.471. The molecule has 0 spiro atoms. The van der Waals surface area contributed by atoms with Crippen LogP contribution in [0.4, 0.5) is 5.69 Å². The van der Waals surface area contributed by atoms with Crippen molar-refractivity contribution in [2.45, 2.75) is 38.6 Å². The third-order valence-corrected chi connectivity index (χ3v) is 4.67. The second kappa shape index (κ2) is 6.02. The van der Waals surface area contributed by atoms with Gasteiger partial charge in [-0.05, 0) is 42.4 Å². The molecule has 6 heteroatoms. The molecule has 0 aliphatic carbocycles. The number of aryl methyl sites for hydroxylation is 1. The number of hydrogen-bond acceptors (Lipinski definition) is 3. The average molecular weight is 316 g/mol. The van der Waals surface area contributed by atoms with Gasteiger partial charge in [0.05, 0.1) is 6.04 Å². The van der Waals surface area contributed by atoms with Gasteiger partial charge in [-0.2, -0.15) is 0 Å². The zero-order valence-corrected chi connectivity index (χ0v) is 13.0. The molecule has 6 nitrogen and oxygen atoms in total. The van der Waals surface area contributed by atoms with E-state index >= 15 is 0 Å². The van der Waals surface area contributed by atoms with Crippen molar-refractivity contribution in [1.82, 2.24) is 4.90 Å². The average Bonchev–Trinajstić information content (AvgIpc) is 2.53. The van der Waals surface area contributed by atoms with E-state index in [0.717, 1.165) is 29.7 Å². The SMILES string of the molecule is CC1CCC(c2ccc3c(c2)CCC(=O)N3)N(C(=O)C(=O)O)C1. The van der Waals surface area contributed by atoms with Crippen LogP contribution >= 0.6 is 0 Å². The first-order chi connectivity index (χ1) is 11.0. The van der Waals surface area contributed by atoms with Crippen molar-refractivity contribution in [2.24, 2.45) is 5.92 Å². The fourth-order valence-electron chi connectivity index (χ4n) is 3.46. The molecule has 23 heavy (non-hydrogen) atoms. The molecule has 2 aliphatic rings. The summed E-state index contributed by atoms with van der Waals surface area (Å²) in [5.41, 5.74) is 2.80. The van der Waals surface area contributed by atoms with Crippen molar-refractivity contribution in [3.05, 3.63) is 29.3 Å². The Kier molecular flexibility index (Phi) is 4.07. The molecule has 2 amide bonds. The molecule has 2 atom stereocenters. The summed E-state index contributed by atoms with van der Waals surface area (Å²) in [5.74, 6) is -1.94. The summed E-state index contributed by atoms with van der Waals surface area (Å²) < 4.78 is 0. The van der Waals surface area contributed by atoms with Crippen LogP contribution in [0.2, 0.25) is 0 Å². The van der Waals surface area contributed by atoms with Crippen LogP contribution in [0, 0.1) is 5.92 Å². The molecule has 3 rings (SSSR count). The smallest absolute Gasteiger partial charge is 0.394 e. The predicted molar refractivity (Wildman–Crippen MR) is 83.9 cm³/mol. The number of carbonyl (C=O) groups excluding carboxylic acids is 2. The number of fused-ring (bicyclic) bond motifs is 1. The third kappa shape index (κ3) is 3.06. The number of anilines is 1. The molecule has 2 aliphatic heterocycles. The van der Waals surface area contributed by atoms with Crippen LogP contribution in [0.25, 0.3) is 0 Å². The summed E-state index contributed by atoms with van der Waals surface area (Å²) >= 11 is 0. The third-order valence-electron chi connectivity index (χ3n) is 4.67. The Balaban J connectivity index is 1.90. The van der Waals surface area contributed by atoms with Crippen LogP contribution in [0.5, 0.6) is 0 Å². The van der Waals surface area contributed by atoms with Crippen LogP contribution in [0.3, 0.4) is 0 Å². The maximum Gasteiger partial charge on any atom is 0.394 e. The zero-order valence-electron chi connectivity index (χ0n) is 13.0. The summed E-state index contributed by atoms with van der Waals surface area (Å²) in [6, 6.07) is 5.52. The minimum Gasteiger partial charge on any atom is -0.474 e. The van der Waals surface area contributed by atoms with E-state index in [0.29, 0.717) is 25.3 Å². The van der Waals surface area contributed by atoms with E-state index in [-0.39, 0.29) is 11.9 Å². The van der Waals surface area contributed by atoms with Gasteiger partial charge in [-0.25, -0.2) is 4.79 Å². The van der Waals surface area contributed by atoms with Gasteiger partial charge >= 0.3 is 11.9 Å². The minimum absolute atomic E-state index is 0.0134. The van der Waals surface area contributed by atoms with E-state index in [9.17, 15) is 14.4 Å². The number of amides is 2.